The summed E-state index contributed by atoms with van der Waals surface area (Å²) in [4.78, 5) is 10.4. The minimum atomic E-state index is -0.473. The highest BCUT2D eigenvalue weighted by molar-refractivity contribution is 6.32. The number of aromatic nitrogens is 1. The van der Waals surface area contributed by atoms with Crippen molar-refractivity contribution < 1.29 is 4.92 Å². The van der Waals surface area contributed by atoms with Gasteiger partial charge in [-0.15, -0.1) is 0 Å². The Hall–Kier alpha value is -2.32. The van der Waals surface area contributed by atoms with Crippen LogP contribution in [0, 0.1) is 35.3 Å². The molecule has 0 spiro atoms. The largest absolute Gasteiger partial charge is 0.315 e. The smallest absolute Gasteiger partial charge is 0.271 e. The van der Waals surface area contributed by atoms with Crippen molar-refractivity contribution in [3.8, 4) is 11.8 Å². The fraction of sp³-hybridized carbons (Fsp3) is 0.154. The third-order valence-electron chi connectivity index (χ3n) is 2.93. The van der Waals surface area contributed by atoms with E-state index in [9.17, 15) is 10.1 Å². The van der Waals surface area contributed by atoms with E-state index >= 15 is 0 Å². The van der Waals surface area contributed by atoms with Crippen LogP contribution in [0.15, 0.2) is 24.3 Å². The highest BCUT2D eigenvalue weighted by atomic mass is 35.5. The molecule has 0 bridgehead atoms. The number of rotatable bonds is 2. The van der Waals surface area contributed by atoms with Crippen molar-refractivity contribution in [2.24, 2.45) is 0 Å². The Labute approximate surface area is 114 Å². The van der Waals surface area contributed by atoms with Gasteiger partial charge in [0.2, 0.25) is 0 Å². The lowest BCUT2D eigenvalue weighted by molar-refractivity contribution is -0.384. The normalized spacial score (nSPS) is 10.2. The lowest BCUT2D eigenvalue weighted by Crippen LogP contribution is -2.01. The molecule has 19 heavy (non-hydrogen) atoms. The van der Waals surface area contributed by atoms with E-state index in [0.717, 1.165) is 5.69 Å². The van der Waals surface area contributed by atoms with Crippen molar-refractivity contribution >= 4 is 17.3 Å². The summed E-state index contributed by atoms with van der Waals surface area (Å²) in [5, 5.41) is 20.2. The maximum absolute atomic E-state index is 10.8. The van der Waals surface area contributed by atoms with Gasteiger partial charge in [0.25, 0.3) is 5.69 Å². The van der Waals surface area contributed by atoms with Gasteiger partial charge in [-0.2, -0.15) is 5.26 Å². The first kappa shape index (κ1) is 13.1. The summed E-state index contributed by atoms with van der Waals surface area (Å²) in [7, 11) is 0. The molecule has 96 valence electrons. The molecule has 0 aliphatic rings. The summed E-state index contributed by atoms with van der Waals surface area (Å²) >= 11 is 6.11. The molecule has 2 aromatic rings. The Kier molecular flexibility index (Phi) is 3.28. The average Bonchev–Trinajstić information content (AvgIpc) is 2.65. The first-order chi connectivity index (χ1) is 8.95. The van der Waals surface area contributed by atoms with Crippen molar-refractivity contribution in [3.05, 3.63) is 56.4 Å². The Balaban J connectivity index is 2.72. The number of nitrogens with zero attached hydrogens (tertiary/aromatic N) is 3. The zero-order valence-corrected chi connectivity index (χ0v) is 11.1. The fourth-order valence-electron chi connectivity index (χ4n) is 2.03. The maximum Gasteiger partial charge on any atom is 0.271 e. The molecule has 0 fully saturated rings. The second-order valence-corrected chi connectivity index (χ2v) is 4.53. The van der Waals surface area contributed by atoms with Crippen LogP contribution in [0.25, 0.3) is 5.69 Å². The van der Waals surface area contributed by atoms with Crippen molar-refractivity contribution in [2.75, 3.05) is 0 Å². The molecule has 0 saturated carbocycles. The predicted molar refractivity (Wildman–Crippen MR) is 71.6 cm³/mol. The summed E-state index contributed by atoms with van der Waals surface area (Å²) in [6, 6.07) is 8.06. The minimum absolute atomic E-state index is 0.0367. The van der Waals surface area contributed by atoms with Gasteiger partial charge in [-0.25, -0.2) is 0 Å². The quantitative estimate of drug-likeness (QED) is 0.622. The summed E-state index contributed by atoms with van der Waals surface area (Å²) in [6.45, 7) is 3.60. The van der Waals surface area contributed by atoms with Crippen molar-refractivity contribution in [1.29, 1.82) is 5.26 Å². The minimum Gasteiger partial charge on any atom is -0.315 e. The molecule has 5 nitrogen and oxygen atoms in total. The summed E-state index contributed by atoms with van der Waals surface area (Å²) in [5.41, 5.74) is 2.51. The molecule has 1 aromatic carbocycles. The van der Waals surface area contributed by atoms with Crippen molar-refractivity contribution in [3.63, 3.8) is 0 Å². The second-order valence-electron chi connectivity index (χ2n) is 4.12. The molecule has 0 N–H and O–H groups in total. The van der Waals surface area contributed by atoms with E-state index in [4.69, 9.17) is 16.9 Å². The van der Waals surface area contributed by atoms with Crippen molar-refractivity contribution in [2.45, 2.75) is 13.8 Å². The monoisotopic (exact) mass is 275 g/mol. The van der Waals surface area contributed by atoms with Crippen LogP contribution in [0.4, 0.5) is 5.69 Å². The van der Waals surface area contributed by atoms with E-state index in [0.29, 0.717) is 22.0 Å². The molecule has 0 radical (unpaired) electrons. The molecular formula is C13H10ClN3O2. The first-order valence-corrected chi connectivity index (χ1v) is 5.87. The van der Waals surface area contributed by atoms with E-state index in [1.54, 1.807) is 17.6 Å². The Bertz CT molecular complexity index is 713. The molecule has 1 heterocycles. The van der Waals surface area contributed by atoms with Gasteiger partial charge < -0.3 is 4.57 Å². The van der Waals surface area contributed by atoms with Gasteiger partial charge in [0.1, 0.15) is 6.07 Å². The molecule has 6 heteroatoms. The number of nitro groups is 1. The maximum atomic E-state index is 10.8. The molecule has 2 rings (SSSR count). The number of benzene rings is 1. The van der Waals surface area contributed by atoms with Crippen LogP contribution in [-0.2, 0) is 0 Å². The highest BCUT2D eigenvalue weighted by Crippen LogP contribution is 2.29. The zero-order valence-electron chi connectivity index (χ0n) is 10.3. The predicted octanol–water partition coefficient (Wildman–Crippen LogP) is 3.53. The van der Waals surface area contributed by atoms with Gasteiger partial charge >= 0.3 is 0 Å². The van der Waals surface area contributed by atoms with Gasteiger partial charge in [0.05, 0.1) is 21.2 Å². The molecule has 1 aromatic heterocycles. The molecule has 0 amide bonds. The van der Waals surface area contributed by atoms with Crippen LogP contribution in [0.1, 0.15) is 17.0 Å². The number of nitro benzene ring substituents is 1. The second kappa shape index (κ2) is 4.75. The van der Waals surface area contributed by atoms with Crippen LogP contribution < -0.4 is 0 Å². The Morgan fingerprint density at radius 2 is 2.05 bits per heavy atom. The lowest BCUT2D eigenvalue weighted by atomic mass is 10.2. The molecule has 0 aliphatic carbocycles. The van der Waals surface area contributed by atoms with Crippen LogP contribution in [0.3, 0.4) is 0 Å². The number of halogens is 1. The molecule has 0 atom stereocenters. The number of nitriles is 1. The van der Waals surface area contributed by atoms with Crippen LogP contribution in [0.5, 0.6) is 0 Å². The van der Waals surface area contributed by atoms with Crippen LogP contribution in [-0.4, -0.2) is 9.49 Å². The summed E-state index contributed by atoms with van der Waals surface area (Å²) in [5.74, 6) is 0. The number of hydrogen-bond acceptors (Lipinski definition) is 3. The number of non-ortho nitro benzene ring substituents is 1. The van der Waals surface area contributed by atoms with Gasteiger partial charge in [-0.3, -0.25) is 10.1 Å². The lowest BCUT2D eigenvalue weighted by Gasteiger charge is -2.11. The molecule has 0 aliphatic heterocycles. The standard InChI is InChI=1S/C13H10ClN3O2/c1-8-5-10(7-15)9(2)16(8)13-6-11(17(18)19)3-4-12(13)14/h3-6H,1-2H3. The van der Waals surface area contributed by atoms with E-state index < -0.39 is 4.92 Å². The third kappa shape index (κ3) is 2.18. The fourth-order valence-corrected chi connectivity index (χ4v) is 2.23. The Morgan fingerprint density at radius 3 is 2.58 bits per heavy atom. The van der Waals surface area contributed by atoms with E-state index in [2.05, 4.69) is 6.07 Å². The summed E-state index contributed by atoms with van der Waals surface area (Å²) < 4.78 is 1.74. The third-order valence-corrected chi connectivity index (χ3v) is 3.25. The van der Waals surface area contributed by atoms with E-state index in [1.807, 2.05) is 6.92 Å². The number of aryl methyl sites for hydroxylation is 1. The van der Waals surface area contributed by atoms with Crippen LogP contribution in [0.2, 0.25) is 5.02 Å². The zero-order chi connectivity index (χ0) is 14.2. The van der Waals surface area contributed by atoms with E-state index in [-0.39, 0.29) is 5.69 Å². The van der Waals surface area contributed by atoms with Crippen molar-refractivity contribution in [1.82, 2.24) is 4.57 Å². The van der Waals surface area contributed by atoms with E-state index in [1.165, 1.54) is 18.2 Å². The summed E-state index contributed by atoms with van der Waals surface area (Å²) in [6.07, 6.45) is 0. The van der Waals surface area contributed by atoms with Crippen LogP contribution >= 0.6 is 11.6 Å². The topological polar surface area (TPSA) is 71.9 Å². The Morgan fingerprint density at radius 1 is 1.37 bits per heavy atom. The van der Waals surface area contributed by atoms with Gasteiger partial charge in [0.15, 0.2) is 0 Å². The first-order valence-electron chi connectivity index (χ1n) is 5.49. The van der Waals surface area contributed by atoms with Gasteiger partial charge in [-0.05, 0) is 26.0 Å². The molecular weight excluding hydrogens is 266 g/mol. The van der Waals surface area contributed by atoms with Gasteiger partial charge in [0, 0.05) is 23.5 Å². The SMILES string of the molecule is Cc1cc(C#N)c(C)n1-c1cc([N+](=O)[O-])ccc1Cl. The van der Waals surface area contributed by atoms with Gasteiger partial charge in [-0.1, -0.05) is 11.6 Å². The number of hydrogen-bond donors (Lipinski definition) is 0. The average molecular weight is 276 g/mol. The highest BCUT2D eigenvalue weighted by Gasteiger charge is 2.16. The molecule has 0 saturated heterocycles. The molecule has 0 unspecified atom stereocenters.